The van der Waals surface area contributed by atoms with Gasteiger partial charge in [-0.05, 0) is 17.2 Å². The van der Waals surface area contributed by atoms with Gasteiger partial charge >= 0.3 is 5.97 Å². The van der Waals surface area contributed by atoms with Crippen LogP contribution in [0.2, 0.25) is 10.0 Å². The summed E-state index contributed by atoms with van der Waals surface area (Å²) in [6.45, 7) is 4.49. The van der Waals surface area contributed by atoms with E-state index in [0.717, 1.165) is 11.1 Å². The Morgan fingerprint density at radius 3 is 2.78 bits per heavy atom. The van der Waals surface area contributed by atoms with Crippen molar-refractivity contribution in [3.8, 4) is 0 Å². The third-order valence-corrected chi connectivity index (χ3v) is 3.94. The molecule has 2 nitrogen and oxygen atoms in total. The molecule has 0 aromatic heterocycles. The highest BCUT2D eigenvalue weighted by Crippen LogP contribution is 2.36. The van der Waals surface area contributed by atoms with Crippen LogP contribution in [-0.2, 0) is 9.53 Å². The van der Waals surface area contributed by atoms with Crippen molar-refractivity contribution in [2.75, 3.05) is 6.61 Å². The topological polar surface area (TPSA) is 26.3 Å². The normalized spacial score (nSPS) is 20.9. The van der Waals surface area contributed by atoms with Crippen LogP contribution in [0, 0.1) is 5.41 Å². The maximum Gasteiger partial charge on any atom is 0.309 e. The summed E-state index contributed by atoms with van der Waals surface area (Å²) in [5.74, 6) is -0.196. The van der Waals surface area contributed by atoms with Crippen molar-refractivity contribution in [1.82, 2.24) is 0 Å². The van der Waals surface area contributed by atoms with Gasteiger partial charge in [0.15, 0.2) is 0 Å². The quantitative estimate of drug-likeness (QED) is 0.717. The van der Waals surface area contributed by atoms with Gasteiger partial charge in [-0.3, -0.25) is 4.79 Å². The van der Waals surface area contributed by atoms with Crippen molar-refractivity contribution >= 4 is 35.2 Å². The van der Waals surface area contributed by atoms with E-state index in [1.807, 2.05) is 32.1 Å². The Hall–Kier alpha value is -0.990. The molecule has 0 amide bonds. The van der Waals surface area contributed by atoms with Gasteiger partial charge in [-0.1, -0.05) is 55.3 Å². The van der Waals surface area contributed by atoms with Crippen molar-refractivity contribution in [3.05, 3.63) is 39.4 Å². The molecular weight excluding hydrogens is 271 g/mol. The van der Waals surface area contributed by atoms with Crippen molar-refractivity contribution in [3.63, 3.8) is 0 Å². The van der Waals surface area contributed by atoms with Crippen molar-refractivity contribution in [1.29, 1.82) is 0 Å². The highest BCUT2D eigenvalue weighted by Gasteiger charge is 2.31. The van der Waals surface area contributed by atoms with Crippen LogP contribution in [0.3, 0.4) is 0 Å². The average Bonchev–Trinajstić information content (AvgIpc) is 2.30. The molecule has 0 N–H and O–H groups in total. The number of rotatable bonds is 1. The molecule has 1 saturated heterocycles. The van der Waals surface area contributed by atoms with Gasteiger partial charge in [-0.2, -0.15) is 0 Å². The van der Waals surface area contributed by atoms with E-state index in [1.165, 1.54) is 0 Å². The summed E-state index contributed by atoms with van der Waals surface area (Å²) in [6.07, 6.45) is 2.24. The molecule has 0 spiro atoms. The van der Waals surface area contributed by atoms with Crippen LogP contribution < -0.4 is 0 Å². The van der Waals surface area contributed by atoms with Crippen molar-refractivity contribution in [2.24, 2.45) is 5.41 Å². The summed E-state index contributed by atoms with van der Waals surface area (Å²) >= 11 is 12.1. The number of halogens is 2. The molecule has 0 aliphatic carbocycles. The van der Waals surface area contributed by atoms with E-state index >= 15 is 0 Å². The highest BCUT2D eigenvalue weighted by molar-refractivity contribution is 6.42. The van der Waals surface area contributed by atoms with E-state index in [1.54, 1.807) is 6.07 Å². The third-order valence-electron chi connectivity index (χ3n) is 3.11. The van der Waals surface area contributed by atoms with Gasteiger partial charge in [0.1, 0.15) is 6.61 Å². The van der Waals surface area contributed by atoms with Crippen LogP contribution in [0.25, 0.3) is 6.08 Å². The van der Waals surface area contributed by atoms with Gasteiger partial charge in [-0.15, -0.1) is 0 Å². The van der Waals surface area contributed by atoms with Gasteiger partial charge in [0.25, 0.3) is 0 Å². The lowest BCUT2D eigenvalue weighted by Gasteiger charge is -2.32. The summed E-state index contributed by atoms with van der Waals surface area (Å²) in [5, 5.41) is 1.03. The average molecular weight is 285 g/mol. The zero-order valence-electron chi connectivity index (χ0n) is 10.3. The van der Waals surface area contributed by atoms with E-state index in [-0.39, 0.29) is 11.4 Å². The number of carbonyl (C=O) groups is 1. The smallest absolute Gasteiger partial charge is 0.309 e. The molecule has 1 aromatic carbocycles. The van der Waals surface area contributed by atoms with E-state index in [9.17, 15) is 4.79 Å². The minimum Gasteiger partial charge on any atom is -0.465 e. The second-order valence-electron chi connectivity index (χ2n) is 5.03. The molecule has 0 atom stereocenters. The lowest BCUT2D eigenvalue weighted by atomic mass is 9.80. The molecule has 96 valence electrons. The first-order valence-electron chi connectivity index (χ1n) is 5.71. The fourth-order valence-corrected chi connectivity index (χ4v) is 2.23. The van der Waals surface area contributed by atoms with Crippen LogP contribution >= 0.6 is 23.2 Å². The standard InChI is InChI=1S/C14H14Cl2O2/c1-14(2)8-18-12(17)7-10(14)6-9-4-3-5-11(15)13(9)16/h3-6H,7-8H2,1-2H3. The molecule has 1 aromatic rings. The summed E-state index contributed by atoms with van der Waals surface area (Å²) in [5.41, 5.74) is 1.68. The Balaban J connectivity index is 2.42. The minimum absolute atomic E-state index is 0.167. The van der Waals surface area contributed by atoms with E-state index in [2.05, 4.69) is 0 Å². The van der Waals surface area contributed by atoms with Crippen LogP contribution in [0.5, 0.6) is 0 Å². The summed E-state index contributed by atoms with van der Waals surface area (Å²) in [7, 11) is 0. The predicted molar refractivity (Wildman–Crippen MR) is 73.8 cm³/mol. The molecule has 2 rings (SSSR count). The molecule has 0 unspecified atom stereocenters. The maximum atomic E-state index is 11.4. The molecule has 4 heteroatoms. The zero-order valence-corrected chi connectivity index (χ0v) is 11.8. The van der Waals surface area contributed by atoms with Gasteiger partial charge in [0.2, 0.25) is 0 Å². The molecule has 0 saturated carbocycles. The number of cyclic esters (lactones) is 1. The summed E-state index contributed by atoms with van der Waals surface area (Å²) in [4.78, 5) is 11.4. The molecule has 0 radical (unpaired) electrons. The minimum atomic E-state index is -0.196. The Bertz CT molecular complexity index is 519. The monoisotopic (exact) mass is 284 g/mol. The molecule has 1 aliphatic rings. The summed E-state index contributed by atoms with van der Waals surface area (Å²) in [6, 6.07) is 5.47. The first-order valence-corrected chi connectivity index (χ1v) is 6.46. The number of esters is 1. The molecular formula is C14H14Cl2O2. The molecule has 0 bridgehead atoms. The third kappa shape index (κ3) is 2.70. The lowest BCUT2D eigenvalue weighted by molar-refractivity contribution is -0.148. The van der Waals surface area contributed by atoms with Crippen LogP contribution in [0.4, 0.5) is 0 Å². The molecule has 1 aliphatic heterocycles. The Morgan fingerprint density at radius 2 is 2.06 bits per heavy atom. The van der Waals surface area contributed by atoms with Gasteiger partial charge in [0.05, 0.1) is 16.5 Å². The van der Waals surface area contributed by atoms with Crippen LogP contribution in [0.1, 0.15) is 25.8 Å². The number of hydrogen-bond acceptors (Lipinski definition) is 2. The fourth-order valence-electron chi connectivity index (χ4n) is 1.87. The highest BCUT2D eigenvalue weighted by atomic mass is 35.5. The number of ether oxygens (including phenoxy) is 1. The molecule has 18 heavy (non-hydrogen) atoms. The van der Waals surface area contributed by atoms with E-state index in [4.69, 9.17) is 27.9 Å². The van der Waals surface area contributed by atoms with Crippen molar-refractivity contribution in [2.45, 2.75) is 20.3 Å². The number of hydrogen-bond donors (Lipinski definition) is 0. The fraction of sp³-hybridized carbons (Fsp3) is 0.357. The molecule has 1 heterocycles. The Labute approximate surface area is 117 Å². The Kier molecular flexibility index (Phi) is 3.69. The van der Waals surface area contributed by atoms with E-state index in [0.29, 0.717) is 23.1 Å². The predicted octanol–water partition coefficient (Wildman–Crippen LogP) is 4.35. The zero-order chi connectivity index (χ0) is 13.3. The Morgan fingerprint density at radius 1 is 1.33 bits per heavy atom. The largest absolute Gasteiger partial charge is 0.465 e. The second-order valence-corrected chi connectivity index (χ2v) is 5.82. The maximum absolute atomic E-state index is 11.4. The van der Waals surface area contributed by atoms with Crippen LogP contribution in [0.15, 0.2) is 23.8 Å². The van der Waals surface area contributed by atoms with Gasteiger partial charge in [-0.25, -0.2) is 0 Å². The first-order chi connectivity index (χ1) is 8.40. The molecule has 1 fully saturated rings. The lowest BCUT2D eigenvalue weighted by Crippen LogP contribution is -2.31. The second kappa shape index (κ2) is 4.94. The van der Waals surface area contributed by atoms with E-state index < -0.39 is 0 Å². The first kappa shape index (κ1) is 13.4. The number of carbonyl (C=O) groups excluding carboxylic acids is 1. The van der Waals surface area contributed by atoms with Crippen molar-refractivity contribution < 1.29 is 9.53 Å². The van der Waals surface area contributed by atoms with Gasteiger partial charge in [0, 0.05) is 5.41 Å². The summed E-state index contributed by atoms with van der Waals surface area (Å²) < 4.78 is 5.08. The SMILES string of the molecule is CC1(C)COC(=O)CC1=Cc1cccc(Cl)c1Cl. The number of benzene rings is 1. The van der Waals surface area contributed by atoms with Gasteiger partial charge < -0.3 is 4.74 Å². The van der Waals surface area contributed by atoms with Crippen LogP contribution in [-0.4, -0.2) is 12.6 Å².